The van der Waals surface area contributed by atoms with Crippen molar-refractivity contribution in [2.45, 2.75) is 33.2 Å². The Morgan fingerprint density at radius 1 is 1.26 bits per heavy atom. The predicted molar refractivity (Wildman–Crippen MR) is 107 cm³/mol. The maximum absolute atomic E-state index is 12.4. The summed E-state index contributed by atoms with van der Waals surface area (Å²) < 4.78 is 5.45. The third-order valence-electron chi connectivity index (χ3n) is 4.58. The number of carbonyl (C=O) groups is 1. The molecule has 1 aliphatic heterocycles. The molecule has 1 saturated heterocycles. The largest absolute Gasteiger partial charge is 0.378 e. The number of hydrogen-bond donors (Lipinski definition) is 2. The van der Waals surface area contributed by atoms with E-state index < -0.39 is 0 Å². The minimum absolute atomic E-state index is 0.103. The van der Waals surface area contributed by atoms with E-state index in [1.54, 1.807) is 13.0 Å². The molecule has 27 heavy (non-hydrogen) atoms. The number of carbonyl (C=O) groups excluding carboxylic acids is 1. The summed E-state index contributed by atoms with van der Waals surface area (Å²) in [6, 6.07) is 9.90. The van der Waals surface area contributed by atoms with Crippen LogP contribution in [0.15, 0.2) is 30.3 Å². The first-order chi connectivity index (χ1) is 13.1. The first-order valence-corrected chi connectivity index (χ1v) is 9.42. The lowest BCUT2D eigenvalue weighted by Crippen LogP contribution is -2.36. The van der Waals surface area contributed by atoms with Gasteiger partial charge in [0, 0.05) is 25.2 Å². The lowest BCUT2D eigenvalue weighted by Gasteiger charge is -2.30. The van der Waals surface area contributed by atoms with Crippen LogP contribution in [0, 0.1) is 6.92 Å². The highest BCUT2D eigenvalue weighted by molar-refractivity contribution is 5.93. The summed E-state index contributed by atoms with van der Waals surface area (Å²) in [5, 5.41) is 6.31. The molecule has 7 nitrogen and oxygen atoms in total. The standard InChI is InChI=1S/C20H27N5O2/c1-4-14(2)21-20(26)17-13-19(23-15(3)22-17)24-16-7-5-6-8-18(16)25-9-11-27-12-10-25/h5-8,13-14H,4,9-12H2,1-3H3,(H,21,26)(H,22,23,24). The fourth-order valence-electron chi connectivity index (χ4n) is 2.95. The molecular weight excluding hydrogens is 342 g/mol. The first-order valence-electron chi connectivity index (χ1n) is 9.42. The van der Waals surface area contributed by atoms with Crippen LogP contribution in [0.25, 0.3) is 0 Å². The number of rotatable bonds is 6. The van der Waals surface area contributed by atoms with E-state index in [1.165, 1.54) is 0 Å². The van der Waals surface area contributed by atoms with Gasteiger partial charge in [-0.2, -0.15) is 0 Å². The van der Waals surface area contributed by atoms with Crippen molar-refractivity contribution >= 4 is 23.1 Å². The number of nitrogens with one attached hydrogen (secondary N) is 2. The van der Waals surface area contributed by atoms with Crippen LogP contribution in [0.2, 0.25) is 0 Å². The van der Waals surface area contributed by atoms with Crippen LogP contribution in [-0.4, -0.2) is 48.2 Å². The van der Waals surface area contributed by atoms with Gasteiger partial charge in [-0.3, -0.25) is 4.79 Å². The molecule has 0 bridgehead atoms. The van der Waals surface area contributed by atoms with Gasteiger partial charge in [-0.1, -0.05) is 19.1 Å². The second-order valence-electron chi connectivity index (χ2n) is 6.71. The van der Waals surface area contributed by atoms with Crippen molar-refractivity contribution < 1.29 is 9.53 Å². The molecule has 7 heteroatoms. The van der Waals surface area contributed by atoms with Crippen LogP contribution in [-0.2, 0) is 4.74 Å². The summed E-state index contributed by atoms with van der Waals surface area (Å²) in [6.07, 6.45) is 0.869. The van der Waals surface area contributed by atoms with Gasteiger partial charge >= 0.3 is 0 Å². The van der Waals surface area contributed by atoms with Gasteiger partial charge in [0.15, 0.2) is 0 Å². The monoisotopic (exact) mass is 369 g/mol. The molecule has 1 aliphatic rings. The van der Waals surface area contributed by atoms with E-state index in [0.29, 0.717) is 17.3 Å². The van der Waals surface area contributed by atoms with Gasteiger partial charge < -0.3 is 20.3 Å². The van der Waals surface area contributed by atoms with E-state index in [-0.39, 0.29) is 11.9 Å². The van der Waals surface area contributed by atoms with Crippen LogP contribution < -0.4 is 15.5 Å². The fraction of sp³-hybridized carbons (Fsp3) is 0.450. The minimum atomic E-state index is -0.181. The average Bonchev–Trinajstić information content (AvgIpc) is 2.68. The Morgan fingerprint density at radius 2 is 2.00 bits per heavy atom. The van der Waals surface area contributed by atoms with E-state index in [4.69, 9.17) is 4.74 Å². The lowest BCUT2D eigenvalue weighted by molar-refractivity contribution is 0.0934. The number of aryl methyl sites for hydroxylation is 1. The summed E-state index contributed by atoms with van der Waals surface area (Å²) in [4.78, 5) is 23.5. The second-order valence-corrected chi connectivity index (χ2v) is 6.71. The molecule has 1 fully saturated rings. The highest BCUT2D eigenvalue weighted by Crippen LogP contribution is 2.28. The fourth-order valence-corrected chi connectivity index (χ4v) is 2.95. The summed E-state index contributed by atoms with van der Waals surface area (Å²) in [7, 11) is 0. The Balaban J connectivity index is 1.83. The van der Waals surface area contributed by atoms with Crippen LogP contribution in [0.4, 0.5) is 17.2 Å². The molecule has 1 atom stereocenters. The number of nitrogens with zero attached hydrogens (tertiary/aromatic N) is 3. The summed E-state index contributed by atoms with van der Waals surface area (Å²) in [5.74, 6) is 0.982. The number of hydrogen-bond acceptors (Lipinski definition) is 6. The molecule has 1 aromatic heterocycles. The molecule has 0 spiro atoms. The van der Waals surface area contributed by atoms with Gasteiger partial charge in [0.2, 0.25) is 0 Å². The number of amides is 1. The third kappa shape index (κ3) is 4.95. The van der Waals surface area contributed by atoms with Gasteiger partial charge in [-0.25, -0.2) is 9.97 Å². The SMILES string of the molecule is CCC(C)NC(=O)c1cc(Nc2ccccc2N2CCOCC2)nc(C)n1. The van der Waals surface area contributed by atoms with E-state index in [2.05, 4.69) is 31.6 Å². The van der Waals surface area contributed by atoms with Gasteiger partial charge in [-0.05, 0) is 32.4 Å². The Bertz CT molecular complexity index is 790. The highest BCUT2D eigenvalue weighted by Gasteiger charge is 2.16. The summed E-state index contributed by atoms with van der Waals surface area (Å²) >= 11 is 0. The molecule has 2 N–H and O–H groups in total. The normalized spacial score (nSPS) is 15.3. The number of benzene rings is 1. The van der Waals surface area contributed by atoms with E-state index in [0.717, 1.165) is 44.1 Å². The predicted octanol–water partition coefficient (Wildman–Crippen LogP) is 2.89. The number of morpholine rings is 1. The van der Waals surface area contributed by atoms with Gasteiger partial charge in [0.05, 0.1) is 24.6 Å². The molecule has 1 aromatic carbocycles. The molecule has 1 amide bonds. The molecule has 0 aliphatic carbocycles. The minimum Gasteiger partial charge on any atom is -0.378 e. The molecule has 2 heterocycles. The molecule has 2 aromatic rings. The highest BCUT2D eigenvalue weighted by atomic mass is 16.5. The number of anilines is 3. The smallest absolute Gasteiger partial charge is 0.270 e. The van der Waals surface area contributed by atoms with Crippen LogP contribution >= 0.6 is 0 Å². The van der Waals surface area contributed by atoms with Crippen LogP contribution in [0.5, 0.6) is 0 Å². The molecule has 0 saturated carbocycles. The summed E-state index contributed by atoms with van der Waals surface area (Å²) in [5.41, 5.74) is 2.42. The Kier molecular flexibility index (Phi) is 6.24. The number of ether oxygens (including phenoxy) is 1. The Morgan fingerprint density at radius 3 is 2.74 bits per heavy atom. The first kappa shape index (κ1) is 19.1. The van der Waals surface area contributed by atoms with Crippen LogP contribution in [0.3, 0.4) is 0 Å². The maximum atomic E-state index is 12.4. The Labute approximate surface area is 160 Å². The lowest BCUT2D eigenvalue weighted by atomic mass is 10.2. The van der Waals surface area contributed by atoms with Crippen LogP contribution in [0.1, 0.15) is 36.6 Å². The van der Waals surface area contributed by atoms with Crippen molar-refractivity contribution in [3.05, 3.63) is 41.9 Å². The van der Waals surface area contributed by atoms with Crippen molar-refractivity contribution in [1.29, 1.82) is 0 Å². The van der Waals surface area contributed by atoms with Crippen molar-refractivity contribution in [3.63, 3.8) is 0 Å². The van der Waals surface area contributed by atoms with E-state index >= 15 is 0 Å². The van der Waals surface area contributed by atoms with Gasteiger partial charge in [0.25, 0.3) is 5.91 Å². The van der Waals surface area contributed by atoms with Gasteiger partial charge in [0.1, 0.15) is 17.3 Å². The zero-order valence-electron chi connectivity index (χ0n) is 16.2. The average molecular weight is 369 g/mol. The maximum Gasteiger partial charge on any atom is 0.270 e. The van der Waals surface area contributed by atoms with Crippen molar-refractivity contribution in [2.75, 3.05) is 36.5 Å². The molecule has 1 unspecified atom stereocenters. The number of para-hydroxylation sites is 2. The van der Waals surface area contributed by atoms with E-state index in [9.17, 15) is 4.79 Å². The molecule has 0 radical (unpaired) electrons. The number of aromatic nitrogens is 2. The molecular formula is C20H27N5O2. The second kappa shape index (κ2) is 8.81. The van der Waals surface area contributed by atoms with Crippen molar-refractivity contribution in [1.82, 2.24) is 15.3 Å². The van der Waals surface area contributed by atoms with Crippen molar-refractivity contribution in [2.24, 2.45) is 0 Å². The topological polar surface area (TPSA) is 79.4 Å². The van der Waals surface area contributed by atoms with E-state index in [1.807, 2.05) is 32.0 Å². The van der Waals surface area contributed by atoms with Crippen molar-refractivity contribution in [3.8, 4) is 0 Å². The Hall–Kier alpha value is -2.67. The molecule has 144 valence electrons. The zero-order valence-corrected chi connectivity index (χ0v) is 16.2. The third-order valence-corrected chi connectivity index (χ3v) is 4.58. The summed E-state index contributed by atoms with van der Waals surface area (Å²) in [6.45, 7) is 8.95. The molecule has 3 rings (SSSR count). The zero-order chi connectivity index (χ0) is 19.2. The quantitative estimate of drug-likeness (QED) is 0.815. The van der Waals surface area contributed by atoms with Gasteiger partial charge in [-0.15, -0.1) is 0 Å².